The van der Waals surface area contributed by atoms with Crippen LogP contribution in [0.4, 0.5) is 0 Å². The quantitative estimate of drug-likeness (QED) is 0.112. The van der Waals surface area contributed by atoms with Gasteiger partial charge < -0.3 is 10.6 Å². The van der Waals surface area contributed by atoms with Crippen molar-refractivity contribution in [1.82, 2.24) is 10.6 Å². The number of ketones is 2. The van der Waals surface area contributed by atoms with Gasteiger partial charge in [-0.15, -0.1) is 0 Å². The average Bonchev–Trinajstić information content (AvgIpc) is 2.83. The Hall–Kier alpha value is -3.30. The van der Waals surface area contributed by atoms with Crippen LogP contribution in [-0.4, -0.2) is 34.5 Å². The molecule has 0 saturated heterocycles. The summed E-state index contributed by atoms with van der Waals surface area (Å²) in [5.74, 6) is -1.13. The monoisotopic (exact) mass is 554 g/mol. The fraction of sp³-hybridized carbons (Fsp3) is 0.462. The van der Waals surface area contributed by atoms with Gasteiger partial charge in [-0.25, -0.2) is 0 Å². The van der Waals surface area contributed by atoms with Gasteiger partial charge in [-0.05, 0) is 62.8 Å². The number of hydrogen-bond donors (Lipinski definition) is 2. The zero-order valence-corrected chi connectivity index (χ0v) is 22.8. The molecule has 2 aliphatic rings. The number of nitrogens with one attached hydrogen (secondary N) is 2. The number of carbonyl (C=O) groups excluding carboxylic acids is 2. The Morgan fingerprint density at radius 3 is 1.35 bits per heavy atom. The number of nitro groups is 2. The number of unbranched alkanes of at least 4 members (excludes halogenated alkanes) is 3. The van der Waals surface area contributed by atoms with Crippen LogP contribution in [0.1, 0.15) is 66.2 Å². The van der Waals surface area contributed by atoms with Crippen LogP contribution in [0.5, 0.6) is 0 Å². The summed E-state index contributed by atoms with van der Waals surface area (Å²) in [6.45, 7) is 8.57. The summed E-state index contributed by atoms with van der Waals surface area (Å²) < 4.78 is 0. The predicted molar refractivity (Wildman–Crippen MR) is 137 cm³/mol. The first-order chi connectivity index (χ1) is 17.1. The topological polar surface area (TPSA) is 144 Å². The molecule has 0 unspecified atom stereocenters. The van der Waals surface area contributed by atoms with Crippen molar-refractivity contribution in [3.05, 3.63) is 89.6 Å². The van der Waals surface area contributed by atoms with Gasteiger partial charge in [0.2, 0.25) is 0 Å². The van der Waals surface area contributed by atoms with Crippen molar-refractivity contribution in [3.8, 4) is 0 Å². The molecule has 0 spiro atoms. The van der Waals surface area contributed by atoms with E-state index >= 15 is 0 Å². The summed E-state index contributed by atoms with van der Waals surface area (Å²) in [6, 6.07) is 0. The van der Waals surface area contributed by atoms with Crippen LogP contribution in [0.2, 0.25) is 0 Å². The Balaban J connectivity index is 0.00000684. The minimum Gasteiger partial charge on any atom is -0.388 e. The van der Waals surface area contributed by atoms with Crippen LogP contribution in [0, 0.1) is 20.2 Å². The van der Waals surface area contributed by atoms with Crippen LogP contribution in [0.3, 0.4) is 0 Å². The Morgan fingerprint density at radius 2 is 1.05 bits per heavy atom. The summed E-state index contributed by atoms with van der Waals surface area (Å²) in [5, 5.41) is 28.9. The summed E-state index contributed by atoms with van der Waals surface area (Å²) >= 11 is 0. The molecule has 2 aliphatic carbocycles. The van der Waals surface area contributed by atoms with E-state index in [9.17, 15) is 29.8 Å². The molecule has 0 aromatic rings. The van der Waals surface area contributed by atoms with Gasteiger partial charge in [-0.1, -0.05) is 26.7 Å². The smallest absolute Gasteiger partial charge is 0.317 e. The third kappa shape index (κ3) is 8.65. The largest absolute Gasteiger partial charge is 0.388 e. The number of Topliss-reactive ketones (excluding diaryl/α,β-unsaturated/α-hetero) is 2. The maximum atomic E-state index is 12.5. The Bertz CT molecular complexity index is 1040. The predicted octanol–water partition coefficient (Wildman–Crippen LogP) is 4.43. The fourth-order valence-electron chi connectivity index (χ4n) is 4.13. The van der Waals surface area contributed by atoms with Crippen molar-refractivity contribution in [2.75, 3.05) is 13.1 Å². The molecule has 11 heteroatoms. The molecule has 2 rings (SSSR count). The van der Waals surface area contributed by atoms with Crippen LogP contribution in [0.15, 0.2) is 69.4 Å². The van der Waals surface area contributed by atoms with Crippen molar-refractivity contribution in [2.24, 2.45) is 0 Å². The van der Waals surface area contributed by atoms with E-state index in [1.54, 1.807) is 26.0 Å². The van der Waals surface area contributed by atoms with Gasteiger partial charge in [0, 0.05) is 64.9 Å². The Kier molecular flexibility index (Phi) is 12.9. The first kappa shape index (κ1) is 31.7. The molecule has 2 N–H and O–H groups in total. The second-order valence-electron chi connectivity index (χ2n) is 8.77. The van der Waals surface area contributed by atoms with Gasteiger partial charge in [0.15, 0.2) is 0 Å². The molecule has 0 radical (unpaired) electrons. The molecule has 0 heterocycles. The molecule has 0 aliphatic heterocycles. The molecule has 202 valence electrons. The third-order valence-electron chi connectivity index (χ3n) is 5.96. The number of hydrogen-bond acceptors (Lipinski definition) is 8. The Labute approximate surface area is 227 Å². The maximum Gasteiger partial charge on any atom is 0.317 e. The third-order valence-corrected chi connectivity index (χ3v) is 5.96. The first-order valence-corrected chi connectivity index (χ1v) is 12.2. The standard InChI is InChI=1S/C26H34N4O6.Fe/c1-5-21(19-13-17(3)15-23(25(19)31)29(33)34)27-11-9-7-8-10-12-28-22(6-2)20-14-18(4)16-24(26(20)32)30(35)36;/h13-16,27-28H,5-12H2,1-4H3;. The fourth-order valence-corrected chi connectivity index (χ4v) is 4.13. The minimum atomic E-state index is -0.639. The number of nitrogens with zero attached hydrogens (tertiary/aromatic N) is 2. The Morgan fingerprint density at radius 1 is 0.703 bits per heavy atom. The molecule has 0 saturated carbocycles. The van der Waals surface area contributed by atoms with E-state index in [2.05, 4.69) is 10.6 Å². The van der Waals surface area contributed by atoms with E-state index in [-0.39, 0.29) is 17.1 Å². The maximum absolute atomic E-state index is 12.5. The molecule has 37 heavy (non-hydrogen) atoms. The second kappa shape index (κ2) is 15.1. The van der Waals surface area contributed by atoms with E-state index in [0.717, 1.165) is 25.7 Å². The van der Waals surface area contributed by atoms with E-state index in [1.807, 2.05) is 13.8 Å². The normalized spacial score (nSPS) is 18.1. The molecule has 10 nitrogen and oxygen atoms in total. The van der Waals surface area contributed by atoms with Gasteiger partial charge in [0.05, 0.1) is 9.85 Å². The molecular formula is C26H34FeN4O6. The van der Waals surface area contributed by atoms with Crippen LogP contribution in [-0.2, 0) is 26.7 Å². The van der Waals surface area contributed by atoms with Crippen molar-refractivity contribution < 1.29 is 36.5 Å². The molecule has 0 aromatic carbocycles. The average molecular weight is 554 g/mol. The van der Waals surface area contributed by atoms with Crippen LogP contribution < -0.4 is 10.6 Å². The molecule has 0 amide bonds. The number of allylic oxidation sites excluding steroid dienone is 10. The van der Waals surface area contributed by atoms with Crippen molar-refractivity contribution in [3.63, 3.8) is 0 Å². The summed E-state index contributed by atoms with van der Waals surface area (Å²) in [5.41, 5.74) is 2.65. The van der Waals surface area contributed by atoms with Gasteiger partial charge in [-0.2, -0.15) is 0 Å². The van der Waals surface area contributed by atoms with Crippen molar-refractivity contribution in [2.45, 2.75) is 66.2 Å². The second-order valence-corrected chi connectivity index (χ2v) is 8.77. The SMILES string of the molecule is CCC(NCCCCCCNC(CC)=C1C=C(C)C=C([N+](=O)[O-])C1=O)=C1C=C(C)C=C([N+](=O)[O-])C1=O.[Fe]. The molecule has 0 atom stereocenters. The molecule has 0 aromatic heterocycles. The van der Waals surface area contributed by atoms with Gasteiger partial charge in [0.25, 0.3) is 11.6 Å². The molecule has 0 bridgehead atoms. The summed E-state index contributed by atoms with van der Waals surface area (Å²) in [4.78, 5) is 46.0. The van der Waals surface area contributed by atoms with Crippen LogP contribution in [0.25, 0.3) is 0 Å². The van der Waals surface area contributed by atoms with Gasteiger partial charge >= 0.3 is 11.4 Å². The summed E-state index contributed by atoms with van der Waals surface area (Å²) in [7, 11) is 0. The zero-order chi connectivity index (χ0) is 26.8. The zero-order valence-electron chi connectivity index (χ0n) is 21.7. The number of rotatable bonds is 13. The van der Waals surface area contributed by atoms with Gasteiger partial charge in [0.1, 0.15) is 0 Å². The summed E-state index contributed by atoms with van der Waals surface area (Å²) in [6.07, 6.45) is 10.7. The van der Waals surface area contributed by atoms with E-state index in [0.29, 0.717) is 59.6 Å². The van der Waals surface area contributed by atoms with E-state index < -0.39 is 32.8 Å². The van der Waals surface area contributed by atoms with Gasteiger partial charge in [-0.3, -0.25) is 29.8 Å². The molecule has 0 fully saturated rings. The van der Waals surface area contributed by atoms with E-state index in [4.69, 9.17) is 0 Å². The number of carbonyl (C=O) groups is 2. The van der Waals surface area contributed by atoms with Crippen molar-refractivity contribution >= 4 is 11.6 Å². The minimum absolute atomic E-state index is 0. The molecular weight excluding hydrogens is 520 g/mol. The van der Waals surface area contributed by atoms with Crippen molar-refractivity contribution in [1.29, 1.82) is 0 Å². The first-order valence-electron chi connectivity index (χ1n) is 12.2. The van der Waals surface area contributed by atoms with E-state index in [1.165, 1.54) is 12.2 Å². The van der Waals surface area contributed by atoms with Crippen LogP contribution >= 0.6 is 0 Å².